The fourth-order valence-electron chi connectivity index (χ4n) is 3.53. The molecule has 0 aromatic carbocycles. The molecular weight excluding hydrogens is 366 g/mol. The minimum Gasteiger partial charge on any atom is -0.352 e. The Hall–Kier alpha value is -1.34. The zero-order valence-corrected chi connectivity index (χ0v) is 17.1. The minimum atomic E-state index is -0.257. The average Bonchev–Trinajstić information content (AvgIpc) is 3.33. The summed E-state index contributed by atoms with van der Waals surface area (Å²) in [5.74, 6) is 0.706. The topological polar surface area (TPSA) is 64.0 Å². The molecule has 140 valence electrons. The minimum absolute atomic E-state index is 0.0359. The summed E-state index contributed by atoms with van der Waals surface area (Å²) in [6.07, 6.45) is 5.31. The molecule has 2 heterocycles. The van der Waals surface area contributed by atoms with Gasteiger partial charge < -0.3 is 5.32 Å². The molecular formula is C19H25N3O2S2. The van der Waals surface area contributed by atoms with Crippen molar-refractivity contribution in [3.05, 3.63) is 20.8 Å². The molecule has 2 aromatic rings. The Morgan fingerprint density at radius 2 is 2.19 bits per heavy atom. The summed E-state index contributed by atoms with van der Waals surface area (Å²) >= 11 is 3.06. The highest BCUT2D eigenvalue weighted by molar-refractivity contribution is 8.00. The van der Waals surface area contributed by atoms with Gasteiger partial charge in [-0.05, 0) is 57.4 Å². The first-order chi connectivity index (χ1) is 12.5. The number of aryl methyl sites for hydroxylation is 1. The molecule has 1 fully saturated rings. The van der Waals surface area contributed by atoms with Crippen molar-refractivity contribution in [3.8, 4) is 0 Å². The Morgan fingerprint density at radius 1 is 1.42 bits per heavy atom. The standard InChI is InChI=1S/C19H25N3O2S2/c1-4-22-18(24)15-13-8-5-10(2)9-14(13)26-17(15)21-19(22)25-11(3)16(23)20-12-6-7-12/h10-12H,4-9H2,1-3H3,(H,20,23)/t10-,11-/m1/s1. The number of aromatic nitrogens is 2. The molecule has 2 aliphatic rings. The van der Waals surface area contributed by atoms with Crippen LogP contribution in [0, 0.1) is 5.92 Å². The summed E-state index contributed by atoms with van der Waals surface area (Å²) in [6.45, 7) is 6.70. The number of nitrogens with one attached hydrogen (secondary N) is 1. The molecule has 0 saturated heterocycles. The lowest BCUT2D eigenvalue weighted by atomic mass is 9.89. The van der Waals surface area contributed by atoms with Gasteiger partial charge in [0.15, 0.2) is 5.16 Å². The van der Waals surface area contributed by atoms with Crippen molar-refractivity contribution in [1.82, 2.24) is 14.9 Å². The third-order valence-corrected chi connectivity index (χ3v) is 7.51. The van der Waals surface area contributed by atoms with Gasteiger partial charge in [0, 0.05) is 17.5 Å². The quantitative estimate of drug-likeness (QED) is 0.627. The normalized spacial score (nSPS) is 20.8. The SMILES string of the molecule is CCn1c(S[C@H](C)C(=O)NC2CC2)nc2sc3c(c2c1=O)CC[C@@H](C)C3. The van der Waals surface area contributed by atoms with Crippen molar-refractivity contribution in [1.29, 1.82) is 0 Å². The molecule has 2 aromatic heterocycles. The van der Waals surface area contributed by atoms with Crippen LogP contribution in [0.2, 0.25) is 0 Å². The predicted molar refractivity (Wildman–Crippen MR) is 107 cm³/mol. The van der Waals surface area contributed by atoms with E-state index in [1.54, 1.807) is 15.9 Å². The van der Waals surface area contributed by atoms with Crippen LogP contribution < -0.4 is 10.9 Å². The number of thioether (sulfide) groups is 1. The van der Waals surface area contributed by atoms with Crippen LogP contribution in [0.5, 0.6) is 0 Å². The summed E-state index contributed by atoms with van der Waals surface area (Å²) in [5, 5.41) is 4.26. The highest BCUT2D eigenvalue weighted by atomic mass is 32.2. The van der Waals surface area contributed by atoms with E-state index in [1.165, 1.54) is 22.2 Å². The molecule has 2 aliphatic carbocycles. The summed E-state index contributed by atoms with van der Waals surface area (Å²) in [6, 6.07) is 0.348. The fraction of sp³-hybridized carbons (Fsp3) is 0.632. The van der Waals surface area contributed by atoms with Gasteiger partial charge in [0.1, 0.15) is 4.83 Å². The molecule has 0 spiro atoms. The van der Waals surface area contributed by atoms with Crippen molar-refractivity contribution >= 4 is 39.2 Å². The summed E-state index contributed by atoms with van der Waals surface area (Å²) in [4.78, 5) is 32.4. The van der Waals surface area contributed by atoms with Crippen LogP contribution in [0.4, 0.5) is 0 Å². The molecule has 4 rings (SSSR count). The maximum absolute atomic E-state index is 13.1. The largest absolute Gasteiger partial charge is 0.352 e. The van der Waals surface area contributed by atoms with E-state index in [4.69, 9.17) is 4.98 Å². The number of nitrogens with zero attached hydrogens (tertiary/aromatic N) is 2. The van der Waals surface area contributed by atoms with E-state index >= 15 is 0 Å². The predicted octanol–water partition coefficient (Wildman–Crippen LogP) is 3.36. The summed E-state index contributed by atoms with van der Waals surface area (Å²) in [7, 11) is 0. The molecule has 0 bridgehead atoms. The van der Waals surface area contributed by atoms with Crippen molar-refractivity contribution < 1.29 is 4.79 Å². The van der Waals surface area contributed by atoms with Gasteiger partial charge in [-0.3, -0.25) is 14.2 Å². The Balaban J connectivity index is 1.70. The van der Waals surface area contributed by atoms with E-state index in [9.17, 15) is 9.59 Å². The van der Waals surface area contributed by atoms with E-state index in [0.29, 0.717) is 23.7 Å². The number of hydrogen-bond donors (Lipinski definition) is 1. The van der Waals surface area contributed by atoms with E-state index in [0.717, 1.165) is 42.3 Å². The van der Waals surface area contributed by atoms with Crippen LogP contribution in [0.25, 0.3) is 10.2 Å². The van der Waals surface area contributed by atoms with Crippen molar-refractivity contribution in [2.24, 2.45) is 5.92 Å². The Bertz CT molecular complexity index is 914. The first kappa shape index (κ1) is 18.0. The van der Waals surface area contributed by atoms with Crippen LogP contribution >= 0.6 is 23.1 Å². The number of fused-ring (bicyclic) bond motifs is 3. The molecule has 26 heavy (non-hydrogen) atoms. The molecule has 5 nitrogen and oxygen atoms in total. The first-order valence-corrected chi connectivity index (χ1v) is 11.2. The number of carbonyl (C=O) groups is 1. The van der Waals surface area contributed by atoms with Crippen molar-refractivity contribution in [3.63, 3.8) is 0 Å². The molecule has 1 amide bonds. The molecule has 1 N–H and O–H groups in total. The smallest absolute Gasteiger partial charge is 0.263 e. The second kappa shape index (κ2) is 7.00. The zero-order chi connectivity index (χ0) is 18.4. The summed E-state index contributed by atoms with van der Waals surface area (Å²) < 4.78 is 1.74. The lowest BCUT2D eigenvalue weighted by Crippen LogP contribution is -2.33. The van der Waals surface area contributed by atoms with Crippen molar-refractivity contribution in [2.75, 3.05) is 0 Å². The molecule has 0 aliphatic heterocycles. The Labute approximate surface area is 161 Å². The highest BCUT2D eigenvalue weighted by Crippen LogP contribution is 2.37. The Kier molecular flexibility index (Phi) is 4.86. The maximum atomic E-state index is 13.1. The Morgan fingerprint density at radius 3 is 2.88 bits per heavy atom. The first-order valence-electron chi connectivity index (χ1n) is 9.50. The van der Waals surface area contributed by atoms with Gasteiger partial charge in [-0.15, -0.1) is 11.3 Å². The van der Waals surface area contributed by atoms with Crippen LogP contribution in [-0.4, -0.2) is 26.8 Å². The molecule has 1 saturated carbocycles. The summed E-state index contributed by atoms with van der Waals surface area (Å²) in [5.41, 5.74) is 1.28. The number of thiophene rings is 1. The van der Waals surface area contributed by atoms with E-state index in [-0.39, 0.29) is 16.7 Å². The lowest BCUT2D eigenvalue weighted by Gasteiger charge is -2.18. The third-order valence-electron chi connectivity index (χ3n) is 5.27. The average molecular weight is 392 g/mol. The van der Waals surface area contributed by atoms with Crippen LogP contribution in [0.1, 0.15) is 50.5 Å². The van der Waals surface area contributed by atoms with E-state index in [1.807, 2.05) is 13.8 Å². The lowest BCUT2D eigenvalue weighted by molar-refractivity contribution is -0.120. The number of rotatable bonds is 5. The van der Waals surface area contributed by atoms with Gasteiger partial charge in [0.05, 0.1) is 10.6 Å². The molecule has 2 atom stereocenters. The number of amides is 1. The molecule has 0 unspecified atom stereocenters. The van der Waals surface area contributed by atoms with Crippen LogP contribution in [0.15, 0.2) is 9.95 Å². The molecule has 7 heteroatoms. The highest BCUT2D eigenvalue weighted by Gasteiger charge is 2.28. The number of hydrogen-bond acceptors (Lipinski definition) is 5. The maximum Gasteiger partial charge on any atom is 0.263 e. The monoisotopic (exact) mass is 391 g/mol. The van der Waals surface area contributed by atoms with Gasteiger partial charge >= 0.3 is 0 Å². The van der Waals surface area contributed by atoms with E-state index in [2.05, 4.69) is 12.2 Å². The van der Waals surface area contributed by atoms with Gasteiger partial charge in [-0.1, -0.05) is 18.7 Å². The van der Waals surface area contributed by atoms with E-state index < -0.39 is 0 Å². The fourth-order valence-corrected chi connectivity index (χ4v) is 5.94. The number of carbonyl (C=O) groups excluding carboxylic acids is 1. The van der Waals surface area contributed by atoms with Gasteiger partial charge in [0.25, 0.3) is 5.56 Å². The second-order valence-electron chi connectivity index (χ2n) is 7.52. The van der Waals surface area contributed by atoms with Gasteiger partial charge in [0.2, 0.25) is 5.91 Å². The van der Waals surface area contributed by atoms with Crippen LogP contribution in [-0.2, 0) is 24.2 Å². The third kappa shape index (κ3) is 3.31. The second-order valence-corrected chi connectivity index (χ2v) is 9.91. The van der Waals surface area contributed by atoms with Crippen molar-refractivity contribution in [2.45, 2.75) is 75.9 Å². The van der Waals surface area contributed by atoms with Crippen LogP contribution in [0.3, 0.4) is 0 Å². The van der Waals surface area contributed by atoms with Gasteiger partial charge in [-0.25, -0.2) is 4.98 Å². The van der Waals surface area contributed by atoms with Gasteiger partial charge in [-0.2, -0.15) is 0 Å². The molecule has 0 radical (unpaired) electrons. The zero-order valence-electron chi connectivity index (χ0n) is 15.5.